The van der Waals surface area contributed by atoms with Crippen LogP contribution in [0.25, 0.3) is 10.9 Å². The van der Waals surface area contributed by atoms with Crippen LogP contribution in [0, 0.1) is 11.6 Å². The highest BCUT2D eigenvalue weighted by Gasteiger charge is 2.08. The molecule has 122 valence electrons. The van der Waals surface area contributed by atoms with E-state index in [4.69, 9.17) is 0 Å². The van der Waals surface area contributed by atoms with Crippen molar-refractivity contribution in [2.75, 3.05) is 17.2 Å². The Morgan fingerprint density at radius 2 is 1.92 bits per heavy atom. The summed E-state index contributed by atoms with van der Waals surface area (Å²) in [7, 11) is 0. The Labute approximate surface area is 136 Å². The molecule has 0 radical (unpaired) electrons. The van der Waals surface area contributed by atoms with E-state index in [-0.39, 0.29) is 18.0 Å². The SMILES string of the molecule is O=C(CCNc1ncnc2ccccc12)Nc1ccc(F)cc1F. The number of aromatic nitrogens is 2. The number of hydrogen-bond donors (Lipinski definition) is 2. The van der Waals surface area contributed by atoms with E-state index in [0.29, 0.717) is 12.4 Å². The summed E-state index contributed by atoms with van der Waals surface area (Å²) in [5.41, 5.74) is 0.752. The van der Waals surface area contributed by atoms with Crippen LogP contribution < -0.4 is 10.6 Å². The van der Waals surface area contributed by atoms with Crippen LogP contribution in [0.5, 0.6) is 0 Å². The number of nitrogens with one attached hydrogen (secondary N) is 2. The zero-order chi connectivity index (χ0) is 16.9. The quantitative estimate of drug-likeness (QED) is 0.754. The van der Waals surface area contributed by atoms with E-state index >= 15 is 0 Å². The minimum atomic E-state index is -0.807. The molecule has 0 fully saturated rings. The lowest BCUT2D eigenvalue weighted by Gasteiger charge is -2.09. The fourth-order valence-electron chi connectivity index (χ4n) is 2.24. The average molecular weight is 328 g/mol. The second kappa shape index (κ2) is 6.99. The molecule has 0 atom stereocenters. The van der Waals surface area contributed by atoms with E-state index < -0.39 is 11.6 Å². The van der Waals surface area contributed by atoms with Crippen LogP contribution in [-0.4, -0.2) is 22.4 Å². The molecular formula is C17H14F2N4O. The lowest BCUT2D eigenvalue weighted by atomic mass is 10.2. The summed E-state index contributed by atoms with van der Waals surface area (Å²) in [5, 5.41) is 6.32. The van der Waals surface area contributed by atoms with Crippen LogP contribution in [0.1, 0.15) is 6.42 Å². The number of hydrogen-bond acceptors (Lipinski definition) is 4. The van der Waals surface area contributed by atoms with Gasteiger partial charge in [0.05, 0.1) is 11.2 Å². The summed E-state index contributed by atoms with van der Waals surface area (Å²) < 4.78 is 26.3. The van der Waals surface area contributed by atoms with E-state index in [1.165, 1.54) is 12.4 Å². The Bertz CT molecular complexity index is 880. The van der Waals surface area contributed by atoms with Gasteiger partial charge in [0.25, 0.3) is 0 Å². The van der Waals surface area contributed by atoms with Gasteiger partial charge in [-0.2, -0.15) is 0 Å². The summed E-state index contributed by atoms with van der Waals surface area (Å²) in [6.07, 6.45) is 1.55. The molecule has 0 aliphatic heterocycles. The first kappa shape index (κ1) is 15.8. The molecule has 2 N–H and O–H groups in total. The first-order valence-electron chi connectivity index (χ1n) is 7.32. The maximum absolute atomic E-state index is 13.5. The van der Waals surface area contributed by atoms with E-state index in [9.17, 15) is 13.6 Å². The van der Waals surface area contributed by atoms with Crippen molar-refractivity contribution in [3.63, 3.8) is 0 Å². The van der Waals surface area contributed by atoms with Gasteiger partial charge in [0.2, 0.25) is 5.91 Å². The minimum Gasteiger partial charge on any atom is -0.369 e. The molecule has 3 aromatic rings. The van der Waals surface area contributed by atoms with E-state index in [1.54, 1.807) is 0 Å². The van der Waals surface area contributed by atoms with Crippen LogP contribution in [0.15, 0.2) is 48.8 Å². The van der Waals surface area contributed by atoms with Crippen molar-refractivity contribution in [2.24, 2.45) is 0 Å². The first-order chi connectivity index (χ1) is 11.6. The molecule has 1 aromatic heterocycles. The van der Waals surface area contributed by atoms with Crippen molar-refractivity contribution in [3.8, 4) is 0 Å². The Balaban J connectivity index is 1.58. The summed E-state index contributed by atoms with van der Waals surface area (Å²) in [4.78, 5) is 20.2. The number of anilines is 2. The molecular weight excluding hydrogens is 314 g/mol. The number of fused-ring (bicyclic) bond motifs is 1. The van der Waals surface area contributed by atoms with E-state index in [0.717, 1.165) is 23.0 Å². The second-order valence-corrected chi connectivity index (χ2v) is 5.09. The maximum Gasteiger partial charge on any atom is 0.226 e. The van der Waals surface area contributed by atoms with Gasteiger partial charge >= 0.3 is 0 Å². The van der Waals surface area contributed by atoms with Crippen molar-refractivity contribution >= 4 is 28.3 Å². The third-order valence-electron chi connectivity index (χ3n) is 3.39. The molecule has 0 aliphatic carbocycles. The van der Waals surface area contributed by atoms with Gasteiger partial charge in [-0.15, -0.1) is 0 Å². The van der Waals surface area contributed by atoms with Gasteiger partial charge in [-0.3, -0.25) is 4.79 Å². The highest BCUT2D eigenvalue weighted by Crippen LogP contribution is 2.18. The Morgan fingerprint density at radius 1 is 1.08 bits per heavy atom. The van der Waals surface area contributed by atoms with Gasteiger partial charge < -0.3 is 10.6 Å². The fourth-order valence-corrected chi connectivity index (χ4v) is 2.24. The van der Waals surface area contributed by atoms with Crippen molar-refractivity contribution in [1.82, 2.24) is 9.97 Å². The molecule has 5 nitrogen and oxygen atoms in total. The molecule has 2 aromatic carbocycles. The smallest absolute Gasteiger partial charge is 0.226 e. The van der Waals surface area contributed by atoms with Crippen molar-refractivity contribution < 1.29 is 13.6 Å². The molecule has 0 spiro atoms. The van der Waals surface area contributed by atoms with Crippen LogP contribution in [0.4, 0.5) is 20.3 Å². The van der Waals surface area contributed by atoms with E-state index in [2.05, 4.69) is 20.6 Å². The predicted molar refractivity (Wildman–Crippen MR) is 87.6 cm³/mol. The largest absolute Gasteiger partial charge is 0.369 e. The molecule has 0 saturated carbocycles. The van der Waals surface area contributed by atoms with Crippen molar-refractivity contribution in [3.05, 3.63) is 60.4 Å². The lowest BCUT2D eigenvalue weighted by molar-refractivity contribution is -0.116. The van der Waals surface area contributed by atoms with Crippen molar-refractivity contribution in [2.45, 2.75) is 6.42 Å². The minimum absolute atomic E-state index is 0.0473. The number of nitrogens with zero attached hydrogens (tertiary/aromatic N) is 2. The summed E-state index contributed by atoms with van der Waals surface area (Å²) in [6, 6.07) is 10.5. The molecule has 0 aliphatic rings. The molecule has 0 saturated heterocycles. The molecule has 1 amide bonds. The number of para-hydroxylation sites is 1. The number of amides is 1. The predicted octanol–water partition coefficient (Wildman–Crippen LogP) is 3.35. The molecule has 0 bridgehead atoms. The van der Waals surface area contributed by atoms with Gasteiger partial charge in [-0.1, -0.05) is 12.1 Å². The molecule has 1 heterocycles. The van der Waals surface area contributed by atoms with Gasteiger partial charge in [0.1, 0.15) is 23.8 Å². The lowest BCUT2D eigenvalue weighted by Crippen LogP contribution is -2.17. The van der Waals surface area contributed by atoms with Gasteiger partial charge in [-0.25, -0.2) is 18.7 Å². The highest BCUT2D eigenvalue weighted by molar-refractivity contribution is 5.92. The zero-order valence-electron chi connectivity index (χ0n) is 12.6. The Kier molecular flexibility index (Phi) is 4.60. The topological polar surface area (TPSA) is 66.9 Å². The van der Waals surface area contributed by atoms with Crippen LogP contribution in [0.2, 0.25) is 0 Å². The highest BCUT2D eigenvalue weighted by atomic mass is 19.1. The second-order valence-electron chi connectivity index (χ2n) is 5.09. The maximum atomic E-state index is 13.5. The van der Waals surface area contributed by atoms with Gasteiger partial charge in [0, 0.05) is 24.4 Å². The average Bonchev–Trinajstić information content (AvgIpc) is 2.58. The number of carbonyl (C=O) groups excluding carboxylic acids is 1. The Morgan fingerprint density at radius 3 is 2.75 bits per heavy atom. The third-order valence-corrected chi connectivity index (χ3v) is 3.39. The first-order valence-corrected chi connectivity index (χ1v) is 7.32. The number of rotatable bonds is 5. The number of benzene rings is 2. The van der Waals surface area contributed by atoms with Gasteiger partial charge in [0.15, 0.2) is 0 Å². The van der Waals surface area contributed by atoms with Gasteiger partial charge in [-0.05, 0) is 24.3 Å². The number of carbonyl (C=O) groups is 1. The normalized spacial score (nSPS) is 10.6. The number of halogens is 2. The third kappa shape index (κ3) is 3.62. The monoisotopic (exact) mass is 328 g/mol. The van der Waals surface area contributed by atoms with Crippen LogP contribution >= 0.6 is 0 Å². The Hall–Kier alpha value is -3.09. The fraction of sp³-hybridized carbons (Fsp3) is 0.118. The summed E-state index contributed by atoms with van der Waals surface area (Å²) in [6.45, 7) is 0.315. The van der Waals surface area contributed by atoms with Crippen LogP contribution in [0.3, 0.4) is 0 Å². The summed E-state index contributed by atoms with van der Waals surface area (Å²) in [5.74, 6) is -1.26. The standard InChI is InChI=1S/C17H14F2N4O/c18-11-5-6-15(13(19)9-11)23-16(24)7-8-20-17-12-3-1-2-4-14(12)21-10-22-17/h1-6,9-10H,7-8H2,(H,23,24)(H,20,21,22). The molecule has 24 heavy (non-hydrogen) atoms. The summed E-state index contributed by atoms with van der Waals surface area (Å²) >= 11 is 0. The van der Waals surface area contributed by atoms with Crippen LogP contribution in [-0.2, 0) is 4.79 Å². The molecule has 0 unspecified atom stereocenters. The van der Waals surface area contributed by atoms with E-state index in [1.807, 2.05) is 24.3 Å². The van der Waals surface area contributed by atoms with Crippen molar-refractivity contribution in [1.29, 1.82) is 0 Å². The zero-order valence-corrected chi connectivity index (χ0v) is 12.6. The molecule has 7 heteroatoms. The molecule has 3 rings (SSSR count).